The molecule has 0 aliphatic heterocycles. The number of carbonyl (C=O) groups is 1. The summed E-state index contributed by atoms with van der Waals surface area (Å²) in [4.78, 5) is 29.7. The fourth-order valence-corrected chi connectivity index (χ4v) is 4.84. The van der Waals surface area contributed by atoms with Crippen molar-refractivity contribution in [2.75, 3.05) is 5.32 Å². The van der Waals surface area contributed by atoms with Crippen molar-refractivity contribution in [2.24, 2.45) is 0 Å². The van der Waals surface area contributed by atoms with Crippen LogP contribution in [0.1, 0.15) is 39.2 Å². The van der Waals surface area contributed by atoms with Gasteiger partial charge in [-0.15, -0.1) is 11.3 Å². The van der Waals surface area contributed by atoms with Crippen LogP contribution in [0.25, 0.3) is 10.2 Å². The Kier molecular flexibility index (Phi) is 4.25. The smallest absolute Gasteiger partial charge is 0.265 e. The van der Waals surface area contributed by atoms with Gasteiger partial charge in [0.05, 0.1) is 5.39 Å². The summed E-state index contributed by atoms with van der Waals surface area (Å²) in [5, 5.41) is 14.5. The number of thiophene rings is 1. The van der Waals surface area contributed by atoms with Crippen molar-refractivity contribution >= 4 is 44.7 Å². The van der Waals surface area contributed by atoms with Gasteiger partial charge in [0.1, 0.15) is 16.1 Å². The summed E-state index contributed by atoms with van der Waals surface area (Å²) in [5.74, 6) is -0.889. The highest BCUT2D eigenvalue weighted by Crippen LogP contribution is 2.40. The molecule has 3 aromatic rings. The fraction of sp³-hybridized carbons (Fsp3) is 0.263. The van der Waals surface area contributed by atoms with Gasteiger partial charge in [0, 0.05) is 15.6 Å². The van der Waals surface area contributed by atoms with E-state index in [1.165, 1.54) is 16.2 Å². The monoisotopic (exact) mass is 388 g/mol. The van der Waals surface area contributed by atoms with Crippen LogP contribution in [0.4, 0.5) is 5.69 Å². The summed E-state index contributed by atoms with van der Waals surface area (Å²) in [6.07, 6.45) is 3.94. The van der Waals surface area contributed by atoms with Gasteiger partial charge in [-0.3, -0.25) is 9.59 Å². The van der Waals surface area contributed by atoms with Crippen LogP contribution in [0, 0.1) is 6.92 Å². The number of rotatable bonds is 2. The number of anilines is 1. The fourth-order valence-electron chi connectivity index (χ4n) is 3.38. The molecule has 5 nitrogen and oxygen atoms in total. The Morgan fingerprint density at radius 1 is 1.31 bits per heavy atom. The highest BCUT2D eigenvalue weighted by molar-refractivity contribution is 7.18. The molecule has 2 heterocycles. The summed E-state index contributed by atoms with van der Waals surface area (Å²) in [6.45, 7) is 1.86. The maximum Gasteiger partial charge on any atom is 0.265 e. The van der Waals surface area contributed by atoms with E-state index >= 15 is 0 Å². The molecule has 2 aromatic heterocycles. The van der Waals surface area contributed by atoms with Gasteiger partial charge in [-0.05, 0) is 55.9 Å². The lowest BCUT2D eigenvalue weighted by molar-refractivity contribution is 0.102. The summed E-state index contributed by atoms with van der Waals surface area (Å²) in [6, 6.07) is 5.10. The van der Waals surface area contributed by atoms with E-state index in [1.54, 1.807) is 18.2 Å². The Hall–Kier alpha value is -2.31. The van der Waals surface area contributed by atoms with Crippen LogP contribution in [0.2, 0.25) is 5.02 Å². The van der Waals surface area contributed by atoms with Crippen molar-refractivity contribution in [3.05, 3.63) is 55.1 Å². The molecule has 7 heteroatoms. The molecule has 1 amide bonds. The number of nitrogens with one attached hydrogen (secondary N) is 2. The predicted molar refractivity (Wildman–Crippen MR) is 105 cm³/mol. The average molecular weight is 389 g/mol. The molecular formula is C19H17ClN2O3S. The van der Waals surface area contributed by atoms with Crippen molar-refractivity contribution in [1.29, 1.82) is 0 Å². The van der Waals surface area contributed by atoms with E-state index < -0.39 is 11.5 Å². The third kappa shape index (κ3) is 2.79. The van der Waals surface area contributed by atoms with Gasteiger partial charge in [0.15, 0.2) is 0 Å². The molecule has 26 heavy (non-hydrogen) atoms. The Morgan fingerprint density at radius 3 is 2.85 bits per heavy atom. The van der Waals surface area contributed by atoms with Gasteiger partial charge < -0.3 is 15.4 Å². The Labute approximate surface area is 158 Å². The number of hydrogen-bond donors (Lipinski definition) is 3. The number of carbonyl (C=O) groups excluding carboxylic acids is 1. The second kappa shape index (κ2) is 6.45. The second-order valence-electron chi connectivity index (χ2n) is 6.51. The number of aromatic amines is 1. The molecule has 3 N–H and O–H groups in total. The minimum Gasteiger partial charge on any atom is -0.506 e. The number of benzene rings is 1. The molecule has 0 spiro atoms. The number of aromatic hydroxyl groups is 1. The summed E-state index contributed by atoms with van der Waals surface area (Å²) in [7, 11) is 0. The van der Waals surface area contributed by atoms with Crippen LogP contribution < -0.4 is 10.9 Å². The second-order valence-corrected chi connectivity index (χ2v) is 8.02. The predicted octanol–water partition coefficient (Wildman–Crippen LogP) is 4.39. The van der Waals surface area contributed by atoms with E-state index in [0.29, 0.717) is 20.9 Å². The van der Waals surface area contributed by atoms with Gasteiger partial charge in [0.2, 0.25) is 0 Å². The zero-order valence-corrected chi connectivity index (χ0v) is 15.7. The average Bonchev–Trinajstić information content (AvgIpc) is 2.96. The molecular weight excluding hydrogens is 372 g/mol. The number of halogens is 1. The first-order valence-electron chi connectivity index (χ1n) is 8.42. The molecule has 1 aliphatic carbocycles. The van der Waals surface area contributed by atoms with E-state index in [4.69, 9.17) is 11.6 Å². The van der Waals surface area contributed by atoms with Gasteiger partial charge >= 0.3 is 0 Å². The molecule has 4 rings (SSSR count). The van der Waals surface area contributed by atoms with Crippen molar-refractivity contribution in [3.63, 3.8) is 0 Å². The number of hydrogen-bond acceptors (Lipinski definition) is 4. The third-order valence-electron chi connectivity index (χ3n) is 4.76. The maximum atomic E-state index is 12.7. The molecule has 0 bridgehead atoms. The molecule has 0 atom stereocenters. The highest BCUT2D eigenvalue weighted by Gasteiger charge is 2.25. The zero-order valence-electron chi connectivity index (χ0n) is 14.1. The van der Waals surface area contributed by atoms with Crippen LogP contribution in [-0.2, 0) is 12.8 Å². The summed E-state index contributed by atoms with van der Waals surface area (Å²) in [5.41, 5.74) is 1.55. The SMILES string of the molecule is Cc1ccc(NC(=O)c2c(O)c3c4c(sc3[nH]c2=O)CCCC4)cc1Cl. The van der Waals surface area contributed by atoms with Crippen LogP contribution >= 0.6 is 22.9 Å². The molecule has 0 radical (unpaired) electrons. The lowest BCUT2D eigenvalue weighted by atomic mass is 9.96. The van der Waals surface area contributed by atoms with Crippen LogP contribution in [-0.4, -0.2) is 16.0 Å². The zero-order chi connectivity index (χ0) is 18.4. The van der Waals surface area contributed by atoms with E-state index in [9.17, 15) is 14.7 Å². The molecule has 134 valence electrons. The molecule has 0 saturated heterocycles. The molecule has 0 saturated carbocycles. The standard InChI is InChI=1S/C19H17ClN2O3S/c1-9-6-7-10(8-12(9)20)21-17(24)15-16(23)14-11-4-2-3-5-13(11)26-19(14)22-18(15)25/h6-8H,2-5H2,1H3,(H,21,24)(H2,22,23,25). The van der Waals surface area contributed by atoms with E-state index in [0.717, 1.165) is 36.8 Å². The summed E-state index contributed by atoms with van der Waals surface area (Å²) < 4.78 is 0. The largest absolute Gasteiger partial charge is 0.506 e. The number of amides is 1. The lowest BCUT2D eigenvalue weighted by Gasteiger charge is -2.12. The highest BCUT2D eigenvalue weighted by atomic mass is 35.5. The number of aromatic nitrogens is 1. The Balaban J connectivity index is 1.79. The van der Waals surface area contributed by atoms with Gasteiger partial charge in [0.25, 0.3) is 11.5 Å². The van der Waals surface area contributed by atoms with E-state index in [2.05, 4.69) is 10.3 Å². The number of pyridine rings is 1. The quantitative estimate of drug-likeness (QED) is 0.609. The third-order valence-corrected chi connectivity index (χ3v) is 6.37. The summed E-state index contributed by atoms with van der Waals surface area (Å²) >= 11 is 7.57. The topological polar surface area (TPSA) is 82.2 Å². The van der Waals surface area contributed by atoms with Crippen molar-refractivity contribution in [2.45, 2.75) is 32.6 Å². The number of H-pyrrole nitrogens is 1. The normalized spacial score (nSPS) is 13.6. The lowest BCUT2D eigenvalue weighted by Crippen LogP contribution is -2.23. The number of aryl methyl sites for hydroxylation is 3. The van der Waals surface area contributed by atoms with Gasteiger partial charge in [-0.1, -0.05) is 17.7 Å². The van der Waals surface area contributed by atoms with E-state index in [-0.39, 0.29) is 11.3 Å². The minimum atomic E-state index is -0.652. The molecule has 1 aliphatic rings. The molecule has 1 aromatic carbocycles. The van der Waals surface area contributed by atoms with Crippen molar-refractivity contribution < 1.29 is 9.90 Å². The molecule has 0 fully saturated rings. The van der Waals surface area contributed by atoms with Crippen LogP contribution in [0.3, 0.4) is 0 Å². The Morgan fingerprint density at radius 2 is 2.08 bits per heavy atom. The molecule has 0 unspecified atom stereocenters. The number of fused-ring (bicyclic) bond motifs is 3. The van der Waals surface area contributed by atoms with E-state index in [1.807, 2.05) is 6.92 Å². The first kappa shape index (κ1) is 17.1. The van der Waals surface area contributed by atoms with Crippen molar-refractivity contribution in [1.82, 2.24) is 4.98 Å². The van der Waals surface area contributed by atoms with Crippen molar-refractivity contribution in [3.8, 4) is 5.75 Å². The van der Waals surface area contributed by atoms with Crippen LogP contribution in [0.15, 0.2) is 23.0 Å². The van der Waals surface area contributed by atoms with Gasteiger partial charge in [-0.2, -0.15) is 0 Å². The maximum absolute atomic E-state index is 12.7. The van der Waals surface area contributed by atoms with Crippen LogP contribution in [0.5, 0.6) is 5.75 Å². The van der Waals surface area contributed by atoms with Gasteiger partial charge in [-0.25, -0.2) is 0 Å². The first-order chi connectivity index (χ1) is 12.5. The minimum absolute atomic E-state index is 0.237. The first-order valence-corrected chi connectivity index (χ1v) is 9.62. The Bertz CT molecular complexity index is 1100.